The van der Waals surface area contributed by atoms with Gasteiger partial charge in [-0.3, -0.25) is 4.79 Å². The van der Waals surface area contributed by atoms with E-state index in [4.69, 9.17) is 4.74 Å². The van der Waals surface area contributed by atoms with Gasteiger partial charge in [0.25, 0.3) is 0 Å². The van der Waals surface area contributed by atoms with Crippen LogP contribution in [0.4, 0.5) is 0 Å². The van der Waals surface area contributed by atoms with Crippen molar-refractivity contribution in [2.75, 3.05) is 19.7 Å². The van der Waals surface area contributed by atoms with Crippen LogP contribution in [0.15, 0.2) is 0 Å². The van der Waals surface area contributed by atoms with Gasteiger partial charge in [0.05, 0.1) is 6.10 Å². The van der Waals surface area contributed by atoms with Gasteiger partial charge in [0.1, 0.15) is 0 Å². The molecule has 2 unspecified atom stereocenters. The molecular weight excluding hydrogens is 264 g/mol. The predicted molar refractivity (Wildman–Crippen MR) is 80.8 cm³/mol. The molecule has 1 heterocycles. The molecule has 0 bridgehead atoms. The van der Waals surface area contributed by atoms with E-state index in [1.807, 2.05) is 6.92 Å². The van der Waals surface area contributed by atoms with E-state index in [-0.39, 0.29) is 24.4 Å². The molecule has 0 aromatic carbocycles. The Morgan fingerprint density at radius 3 is 2.74 bits per heavy atom. The van der Waals surface area contributed by atoms with Crippen LogP contribution >= 0.6 is 12.4 Å². The number of hydrogen-bond donors (Lipinski definition) is 2. The normalized spacial score (nSPS) is 20.1. The summed E-state index contributed by atoms with van der Waals surface area (Å²) in [5, 5.41) is 6.33. The molecule has 2 atom stereocenters. The number of nitrogens with one attached hydrogen (secondary N) is 2. The van der Waals surface area contributed by atoms with Gasteiger partial charge in [-0.05, 0) is 38.6 Å². The summed E-state index contributed by atoms with van der Waals surface area (Å²) >= 11 is 0. The van der Waals surface area contributed by atoms with E-state index in [2.05, 4.69) is 24.5 Å². The van der Waals surface area contributed by atoms with E-state index in [0.29, 0.717) is 24.9 Å². The smallest absolute Gasteiger partial charge is 0.221 e. The van der Waals surface area contributed by atoms with E-state index in [1.165, 1.54) is 6.42 Å². The van der Waals surface area contributed by atoms with Crippen molar-refractivity contribution in [3.8, 4) is 0 Å². The maximum atomic E-state index is 11.7. The van der Waals surface area contributed by atoms with Crippen molar-refractivity contribution < 1.29 is 9.53 Å². The van der Waals surface area contributed by atoms with Crippen LogP contribution in [0.5, 0.6) is 0 Å². The first-order valence-corrected chi connectivity index (χ1v) is 7.25. The third-order valence-electron chi connectivity index (χ3n) is 3.47. The van der Waals surface area contributed by atoms with Gasteiger partial charge in [0.2, 0.25) is 5.91 Å². The number of ether oxygens (including phenoxy) is 1. The summed E-state index contributed by atoms with van der Waals surface area (Å²) in [4.78, 5) is 11.7. The molecule has 1 saturated heterocycles. The van der Waals surface area contributed by atoms with Crippen molar-refractivity contribution in [1.82, 2.24) is 10.6 Å². The summed E-state index contributed by atoms with van der Waals surface area (Å²) in [5.74, 6) is 0.659. The third kappa shape index (κ3) is 7.75. The second-order valence-electron chi connectivity index (χ2n) is 5.37. The lowest BCUT2D eigenvalue weighted by atomic mass is 10.0. The van der Waals surface area contributed by atoms with Crippen LogP contribution in [0.3, 0.4) is 0 Å². The molecule has 1 fully saturated rings. The van der Waals surface area contributed by atoms with Crippen LogP contribution in [0.1, 0.15) is 46.5 Å². The van der Waals surface area contributed by atoms with Crippen molar-refractivity contribution in [3.05, 3.63) is 0 Å². The molecule has 0 aliphatic carbocycles. The average Bonchev–Trinajstić information content (AvgIpc) is 2.80. The van der Waals surface area contributed by atoms with Crippen LogP contribution in [-0.4, -0.2) is 37.7 Å². The zero-order chi connectivity index (χ0) is 13.4. The average molecular weight is 293 g/mol. The zero-order valence-electron chi connectivity index (χ0n) is 12.4. The van der Waals surface area contributed by atoms with Crippen LogP contribution < -0.4 is 10.6 Å². The van der Waals surface area contributed by atoms with E-state index in [0.717, 1.165) is 26.0 Å². The molecule has 5 heteroatoms. The molecule has 4 nitrogen and oxygen atoms in total. The molecule has 0 aromatic heterocycles. The number of hydrogen-bond acceptors (Lipinski definition) is 3. The highest BCUT2D eigenvalue weighted by molar-refractivity contribution is 5.85. The summed E-state index contributed by atoms with van der Waals surface area (Å²) in [6, 6.07) is 0.387. The third-order valence-corrected chi connectivity index (χ3v) is 3.47. The van der Waals surface area contributed by atoms with Crippen LogP contribution in [0.25, 0.3) is 0 Å². The summed E-state index contributed by atoms with van der Waals surface area (Å²) < 4.78 is 5.66. The number of rotatable bonds is 8. The maximum absolute atomic E-state index is 11.7. The molecule has 2 N–H and O–H groups in total. The van der Waals surface area contributed by atoms with E-state index in [1.54, 1.807) is 0 Å². The standard InChI is InChI=1S/C14H28N2O2.ClH/c1-4-18-13(11(2)3)7-9-16-14(17)10-12-6-5-8-15-12;/h11-13,15H,4-10H2,1-3H3,(H,16,17);1H. The van der Waals surface area contributed by atoms with Crippen molar-refractivity contribution >= 4 is 18.3 Å². The van der Waals surface area contributed by atoms with Gasteiger partial charge in [0.15, 0.2) is 0 Å². The number of carbonyl (C=O) groups excluding carboxylic acids is 1. The zero-order valence-corrected chi connectivity index (χ0v) is 13.2. The second kappa shape index (κ2) is 10.5. The van der Waals surface area contributed by atoms with Gasteiger partial charge in [-0.15, -0.1) is 12.4 Å². The largest absolute Gasteiger partial charge is 0.378 e. The lowest BCUT2D eigenvalue weighted by molar-refractivity contribution is -0.121. The van der Waals surface area contributed by atoms with Crippen LogP contribution in [0, 0.1) is 5.92 Å². The first-order chi connectivity index (χ1) is 8.63. The van der Waals surface area contributed by atoms with Crippen molar-refractivity contribution in [1.29, 1.82) is 0 Å². The topological polar surface area (TPSA) is 50.4 Å². The molecule has 114 valence electrons. The molecular formula is C14H29ClN2O2. The lowest BCUT2D eigenvalue weighted by Gasteiger charge is -2.21. The first kappa shape index (κ1) is 18.7. The summed E-state index contributed by atoms with van der Waals surface area (Å²) in [5.41, 5.74) is 0. The Hall–Kier alpha value is -0.320. The Bertz CT molecular complexity index is 244. The quantitative estimate of drug-likeness (QED) is 0.720. The highest BCUT2D eigenvalue weighted by Gasteiger charge is 2.18. The number of carbonyl (C=O) groups is 1. The highest BCUT2D eigenvalue weighted by Crippen LogP contribution is 2.11. The Balaban J connectivity index is 0.00000324. The Kier molecular flexibility index (Phi) is 10.3. The van der Waals surface area contributed by atoms with Gasteiger partial charge in [0, 0.05) is 25.6 Å². The molecule has 1 aliphatic heterocycles. The van der Waals surface area contributed by atoms with Gasteiger partial charge in [-0.25, -0.2) is 0 Å². The van der Waals surface area contributed by atoms with Crippen molar-refractivity contribution in [2.45, 2.75) is 58.6 Å². The summed E-state index contributed by atoms with van der Waals surface area (Å²) in [6.07, 6.45) is 4.08. The summed E-state index contributed by atoms with van der Waals surface area (Å²) in [6.45, 7) is 8.84. The summed E-state index contributed by atoms with van der Waals surface area (Å²) in [7, 11) is 0. The van der Waals surface area contributed by atoms with Crippen molar-refractivity contribution in [2.24, 2.45) is 5.92 Å². The Labute approximate surface area is 123 Å². The van der Waals surface area contributed by atoms with E-state index >= 15 is 0 Å². The van der Waals surface area contributed by atoms with Crippen LogP contribution in [-0.2, 0) is 9.53 Å². The molecule has 0 radical (unpaired) electrons. The fourth-order valence-corrected chi connectivity index (χ4v) is 2.40. The highest BCUT2D eigenvalue weighted by atomic mass is 35.5. The predicted octanol–water partition coefficient (Wildman–Crippen LogP) is 2.12. The molecule has 1 aliphatic rings. The number of halogens is 1. The molecule has 0 aromatic rings. The molecule has 19 heavy (non-hydrogen) atoms. The SMILES string of the molecule is CCOC(CCNC(=O)CC1CCCN1)C(C)C.Cl. The van der Waals surface area contributed by atoms with Gasteiger partial charge in [-0.2, -0.15) is 0 Å². The van der Waals surface area contributed by atoms with Gasteiger partial charge >= 0.3 is 0 Å². The van der Waals surface area contributed by atoms with Gasteiger partial charge < -0.3 is 15.4 Å². The molecule has 1 rings (SSSR count). The minimum atomic E-state index is 0. The van der Waals surface area contributed by atoms with Crippen LogP contribution in [0.2, 0.25) is 0 Å². The first-order valence-electron chi connectivity index (χ1n) is 7.25. The second-order valence-corrected chi connectivity index (χ2v) is 5.37. The lowest BCUT2D eigenvalue weighted by Crippen LogP contribution is -2.34. The maximum Gasteiger partial charge on any atom is 0.221 e. The minimum Gasteiger partial charge on any atom is -0.378 e. The monoisotopic (exact) mass is 292 g/mol. The Morgan fingerprint density at radius 2 is 2.21 bits per heavy atom. The van der Waals surface area contributed by atoms with E-state index < -0.39 is 0 Å². The van der Waals surface area contributed by atoms with Gasteiger partial charge in [-0.1, -0.05) is 13.8 Å². The van der Waals surface area contributed by atoms with E-state index in [9.17, 15) is 4.79 Å². The molecule has 1 amide bonds. The minimum absolute atomic E-state index is 0. The fraction of sp³-hybridized carbons (Fsp3) is 0.929. The van der Waals surface area contributed by atoms with Crippen molar-refractivity contribution in [3.63, 3.8) is 0 Å². The fourth-order valence-electron chi connectivity index (χ4n) is 2.40. The molecule has 0 saturated carbocycles. The Morgan fingerprint density at radius 1 is 1.47 bits per heavy atom. The molecule has 0 spiro atoms. The number of amides is 1.